The van der Waals surface area contributed by atoms with Crippen molar-refractivity contribution in [1.82, 2.24) is 10.2 Å². The predicted octanol–water partition coefficient (Wildman–Crippen LogP) is 4.74. The minimum Gasteiger partial charge on any atom is -0.352 e. The SMILES string of the molecule is CC[C@@H](C(=O)NC(C)C)N(Cc1ccc(Cl)cc1)C(=O)CN(c1cc(Cl)ccc1Cl)S(C)(=O)=O. The van der Waals surface area contributed by atoms with Gasteiger partial charge >= 0.3 is 0 Å². The van der Waals surface area contributed by atoms with Gasteiger partial charge in [0.05, 0.1) is 17.0 Å². The Morgan fingerprint density at radius 3 is 2.12 bits per heavy atom. The zero-order chi connectivity index (χ0) is 25.6. The van der Waals surface area contributed by atoms with Crippen LogP contribution in [-0.2, 0) is 26.2 Å². The van der Waals surface area contributed by atoms with Gasteiger partial charge in [-0.05, 0) is 56.2 Å². The number of amides is 2. The lowest BCUT2D eigenvalue weighted by Crippen LogP contribution is -2.53. The summed E-state index contributed by atoms with van der Waals surface area (Å²) in [7, 11) is -3.91. The number of nitrogens with zero attached hydrogens (tertiary/aromatic N) is 2. The van der Waals surface area contributed by atoms with Gasteiger partial charge in [0, 0.05) is 22.6 Å². The molecule has 0 aliphatic carbocycles. The molecule has 2 aromatic rings. The van der Waals surface area contributed by atoms with Crippen molar-refractivity contribution in [2.45, 2.75) is 45.8 Å². The summed E-state index contributed by atoms with van der Waals surface area (Å²) in [5.41, 5.74) is 0.816. The van der Waals surface area contributed by atoms with Crippen molar-refractivity contribution in [2.24, 2.45) is 0 Å². The molecule has 186 valence electrons. The molecule has 1 atom stereocenters. The third-order valence-corrected chi connectivity index (χ3v) is 6.87. The summed E-state index contributed by atoms with van der Waals surface area (Å²) in [4.78, 5) is 27.9. The van der Waals surface area contributed by atoms with E-state index in [4.69, 9.17) is 34.8 Å². The van der Waals surface area contributed by atoms with Gasteiger partial charge < -0.3 is 10.2 Å². The molecule has 2 amide bonds. The van der Waals surface area contributed by atoms with E-state index in [1.54, 1.807) is 31.2 Å². The Labute approximate surface area is 216 Å². The molecule has 1 N–H and O–H groups in total. The zero-order valence-electron chi connectivity index (χ0n) is 19.4. The predicted molar refractivity (Wildman–Crippen MR) is 138 cm³/mol. The molecule has 11 heteroatoms. The van der Waals surface area contributed by atoms with Crippen LogP contribution < -0.4 is 9.62 Å². The summed E-state index contributed by atoms with van der Waals surface area (Å²) in [5, 5.41) is 3.75. The number of anilines is 1. The van der Waals surface area contributed by atoms with E-state index < -0.39 is 28.5 Å². The van der Waals surface area contributed by atoms with Crippen molar-refractivity contribution in [3.05, 3.63) is 63.1 Å². The Morgan fingerprint density at radius 2 is 1.59 bits per heavy atom. The molecule has 34 heavy (non-hydrogen) atoms. The average molecular weight is 549 g/mol. The highest BCUT2D eigenvalue weighted by Crippen LogP contribution is 2.31. The summed E-state index contributed by atoms with van der Waals surface area (Å²) in [5.74, 6) is -0.895. The van der Waals surface area contributed by atoms with Crippen LogP contribution >= 0.6 is 34.8 Å². The number of carbonyl (C=O) groups is 2. The molecule has 0 heterocycles. The van der Waals surface area contributed by atoms with Crippen LogP contribution in [0.2, 0.25) is 15.1 Å². The second kappa shape index (κ2) is 12.1. The van der Waals surface area contributed by atoms with E-state index in [1.165, 1.54) is 23.1 Å². The molecule has 0 unspecified atom stereocenters. The Bertz CT molecular complexity index is 1120. The highest BCUT2D eigenvalue weighted by atomic mass is 35.5. The largest absolute Gasteiger partial charge is 0.352 e. The van der Waals surface area contributed by atoms with Crippen LogP contribution in [0.5, 0.6) is 0 Å². The van der Waals surface area contributed by atoms with Gasteiger partial charge in [-0.1, -0.05) is 53.9 Å². The van der Waals surface area contributed by atoms with Crippen LogP contribution in [0, 0.1) is 0 Å². The van der Waals surface area contributed by atoms with Crippen molar-refractivity contribution < 1.29 is 18.0 Å². The molecule has 0 spiro atoms. The quantitative estimate of drug-likeness (QED) is 0.464. The van der Waals surface area contributed by atoms with Crippen LogP contribution in [0.3, 0.4) is 0 Å². The lowest BCUT2D eigenvalue weighted by Gasteiger charge is -2.33. The molecule has 0 saturated heterocycles. The van der Waals surface area contributed by atoms with E-state index >= 15 is 0 Å². The molecule has 0 radical (unpaired) electrons. The molecule has 0 bridgehead atoms. The Balaban J connectivity index is 2.48. The maximum atomic E-state index is 13.6. The minimum atomic E-state index is -3.91. The van der Waals surface area contributed by atoms with Crippen LogP contribution in [0.1, 0.15) is 32.8 Å². The number of benzene rings is 2. The fourth-order valence-corrected chi connectivity index (χ4v) is 4.77. The lowest BCUT2D eigenvalue weighted by molar-refractivity contribution is -0.140. The van der Waals surface area contributed by atoms with E-state index in [1.807, 2.05) is 13.8 Å². The van der Waals surface area contributed by atoms with Crippen molar-refractivity contribution >= 4 is 62.3 Å². The first-order valence-corrected chi connectivity index (χ1v) is 13.6. The highest BCUT2D eigenvalue weighted by Gasteiger charge is 2.32. The number of halogens is 3. The van der Waals surface area contributed by atoms with Crippen LogP contribution in [0.15, 0.2) is 42.5 Å². The fourth-order valence-electron chi connectivity index (χ4n) is 3.36. The van der Waals surface area contributed by atoms with Crippen LogP contribution in [0.25, 0.3) is 0 Å². The lowest BCUT2D eigenvalue weighted by atomic mass is 10.1. The second-order valence-corrected chi connectivity index (χ2v) is 11.3. The van der Waals surface area contributed by atoms with Crippen molar-refractivity contribution in [3.63, 3.8) is 0 Å². The van der Waals surface area contributed by atoms with E-state index in [-0.39, 0.29) is 34.2 Å². The van der Waals surface area contributed by atoms with Gasteiger partial charge in [0.25, 0.3) is 0 Å². The third-order valence-electron chi connectivity index (χ3n) is 4.94. The molecule has 0 saturated carbocycles. The third kappa shape index (κ3) is 7.77. The Kier molecular flexibility index (Phi) is 10.1. The van der Waals surface area contributed by atoms with Crippen molar-refractivity contribution in [3.8, 4) is 0 Å². The highest BCUT2D eigenvalue weighted by molar-refractivity contribution is 7.92. The molecule has 0 aliphatic heterocycles. The Morgan fingerprint density at radius 1 is 1.00 bits per heavy atom. The van der Waals surface area contributed by atoms with Gasteiger partial charge in [0.1, 0.15) is 12.6 Å². The number of nitrogens with one attached hydrogen (secondary N) is 1. The van der Waals surface area contributed by atoms with Crippen molar-refractivity contribution in [1.29, 1.82) is 0 Å². The number of hydrogen-bond donors (Lipinski definition) is 1. The van der Waals surface area contributed by atoms with Gasteiger partial charge in [0.2, 0.25) is 21.8 Å². The van der Waals surface area contributed by atoms with Crippen molar-refractivity contribution in [2.75, 3.05) is 17.1 Å². The first kappa shape index (κ1) is 28.2. The van der Waals surface area contributed by atoms with Crippen LogP contribution in [-0.4, -0.2) is 50.0 Å². The monoisotopic (exact) mass is 547 g/mol. The number of rotatable bonds is 10. The molecule has 0 fully saturated rings. The average Bonchev–Trinajstić information content (AvgIpc) is 2.73. The van der Waals surface area contributed by atoms with Gasteiger partial charge in [0.15, 0.2) is 0 Å². The maximum absolute atomic E-state index is 13.6. The van der Waals surface area contributed by atoms with Crippen LogP contribution in [0.4, 0.5) is 5.69 Å². The molecule has 0 aromatic heterocycles. The van der Waals surface area contributed by atoms with Gasteiger partial charge in [-0.3, -0.25) is 13.9 Å². The van der Waals surface area contributed by atoms with E-state index in [0.29, 0.717) is 11.4 Å². The standard InChI is InChI=1S/C23H28Cl3N3O4S/c1-5-20(23(31)27-15(2)3)28(13-16-6-8-17(24)9-7-16)22(30)14-29(34(4,32)33)21-12-18(25)10-11-19(21)26/h6-12,15,20H,5,13-14H2,1-4H3,(H,27,31)/t20-/m0/s1. The van der Waals surface area contributed by atoms with E-state index in [0.717, 1.165) is 16.1 Å². The minimum absolute atomic E-state index is 0.0798. The molecular formula is C23H28Cl3N3O4S. The molecular weight excluding hydrogens is 521 g/mol. The summed E-state index contributed by atoms with van der Waals surface area (Å²) in [6.45, 7) is 4.96. The smallest absolute Gasteiger partial charge is 0.244 e. The van der Waals surface area contributed by atoms with E-state index in [9.17, 15) is 18.0 Å². The first-order chi connectivity index (χ1) is 15.8. The van der Waals surface area contributed by atoms with Gasteiger partial charge in [-0.2, -0.15) is 0 Å². The summed E-state index contributed by atoms with van der Waals surface area (Å²) < 4.78 is 26.1. The van der Waals surface area contributed by atoms with E-state index in [2.05, 4.69) is 5.32 Å². The zero-order valence-corrected chi connectivity index (χ0v) is 22.5. The molecule has 2 aromatic carbocycles. The summed E-state index contributed by atoms with van der Waals surface area (Å²) >= 11 is 18.3. The Hall–Kier alpha value is -2.00. The summed E-state index contributed by atoms with van der Waals surface area (Å²) in [6.07, 6.45) is 1.30. The molecule has 2 rings (SSSR count). The summed E-state index contributed by atoms with van der Waals surface area (Å²) in [6, 6.07) is 10.3. The van der Waals surface area contributed by atoms with Gasteiger partial charge in [-0.25, -0.2) is 8.42 Å². The second-order valence-electron chi connectivity index (χ2n) is 8.10. The first-order valence-electron chi connectivity index (χ1n) is 10.6. The maximum Gasteiger partial charge on any atom is 0.244 e. The molecule has 0 aliphatic rings. The topological polar surface area (TPSA) is 86.8 Å². The van der Waals surface area contributed by atoms with Gasteiger partial charge in [-0.15, -0.1) is 0 Å². The fraction of sp³-hybridized carbons (Fsp3) is 0.391. The normalized spacial score (nSPS) is 12.4. The number of carbonyl (C=O) groups excluding carboxylic acids is 2. The molecule has 7 nitrogen and oxygen atoms in total. The number of hydrogen-bond acceptors (Lipinski definition) is 4. The number of sulfonamides is 1.